The van der Waals surface area contributed by atoms with Crippen molar-refractivity contribution in [1.82, 2.24) is 4.90 Å². The fourth-order valence-corrected chi connectivity index (χ4v) is 3.17. The first-order valence-electron chi connectivity index (χ1n) is 8.58. The highest BCUT2D eigenvalue weighted by Gasteiger charge is 2.25. The lowest BCUT2D eigenvalue weighted by Gasteiger charge is -2.33. The fraction of sp³-hybridized carbons (Fsp3) is 0.611. The largest absolute Gasteiger partial charge is 0.371 e. The third-order valence-electron chi connectivity index (χ3n) is 4.53. The number of nitro benzene ring substituents is 1. The molecule has 0 unspecified atom stereocenters. The van der Waals surface area contributed by atoms with E-state index in [1.165, 1.54) is 12.1 Å². The van der Waals surface area contributed by atoms with Gasteiger partial charge in [-0.15, -0.1) is 0 Å². The summed E-state index contributed by atoms with van der Waals surface area (Å²) in [4.78, 5) is 27.4. The molecule has 1 amide bonds. The molecule has 132 valence electrons. The van der Waals surface area contributed by atoms with Gasteiger partial charge in [0.2, 0.25) is 0 Å². The molecule has 1 heterocycles. The lowest BCUT2D eigenvalue weighted by Crippen LogP contribution is -2.36. The van der Waals surface area contributed by atoms with Gasteiger partial charge in [0.15, 0.2) is 0 Å². The zero-order valence-corrected chi connectivity index (χ0v) is 15.0. The fourth-order valence-electron chi connectivity index (χ4n) is 3.17. The summed E-state index contributed by atoms with van der Waals surface area (Å²) in [6.07, 6.45) is 2.15. The molecule has 1 aromatic rings. The Balaban J connectivity index is 2.36. The van der Waals surface area contributed by atoms with Gasteiger partial charge < -0.3 is 9.80 Å². The number of hydrogen-bond donors (Lipinski definition) is 0. The van der Waals surface area contributed by atoms with Gasteiger partial charge in [-0.25, -0.2) is 0 Å². The number of carbonyl (C=O) groups excluding carboxylic acids is 1. The molecule has 0 bridgehead atoms. The van der Waals surface area contributed by atoms with E-state index in [0.717, 1.165) is 31.6 Å². The van der Waals surface area contributed by atoms with E-state index in [4.69, 9.17) is 0 Å². The molecule has 1 fully saturated rings. The number of benzene rings is 1. The van der Waals surface area contributed by atoms with E-state index in [2.05, 4.69) is 11.8 Å². The Kier molecular flexibility index (Phi) is 5.80. The molecule has 2 rings (SSSR count). The summed E-state index contributed by atoms with van der Waals surface area (Å²) < 4.78 is 0. The minimum Gasteiger partial charge on any atom is -0.371 e. The molecule has 1 aliphatic rings. The van der Waals surface area contributed by atoms with E-state index >= 15 is 0 Å². The molecule has 1 saturated heterocycles. The third kappa shape index (κ3) is 4.24. The Morgan fingerprint density at radius 3 is 2.54 bits per heavy atom. The standard InChI is InChI=1S/C18H27N3O3/c1-13(2)12-19(4)18(22)16-11-15(21(23)24)5-6-17(16)20-9-7-14(3)8-10-20/h5-6,11,13-14H,7-10,12H2,1-4H3. The second-order valence-electron chi connectivity index (χ2n) is 7.21. The molecule has 0 saturated carbocycles. The average Bonchev–Trinajstić information content (AvgIpc) is 2.53. The van der Waals surface area contributed by atoms with Gasteiger partial charge in [0.25, 0.3) is 11.6 Å². The zero-order chi connectivity index (χ0) is 17.9. The highest BCUT2D eigenvalue weighted by atomic mass is 16.6. The highest BCUT2D eigenvalue weighted by Crippen LogP contribution is 2.30. The number of non-ortho nitro benzene ring substituents is 1. The van der Waals surface area contributed by atoms with E-state index in [0.29, 0.717) is 23.9 Å². The summed E-state index contributed by atoms with van der Waals surface area (Å²) in [6, 6.07) is 4.64. The van der Waals surface area contributed by atoms with Crippen molar-refractivity contribution in [2.24, 2.45) is 11.8 Å². The highest BCUT2D eigenvalue weighted by molar-refractivity contribution is 6.00. The third-order valence-corrected chi connectivity index (χ3v) is 4.53. The number of piperidine rings is 1. The van der Waals surface area contributed by atoms with Crippen molar-refractivity contribution in [2.75, 3.05) is 31.6 Å². The molecule has 0 atom stereocenters. The van der Waals surface area contributed by atoms with Crippen LogP contribution in [-0.2, 0) is 0 Å². The first kappa shape index (κ1) is 18.2. The second kappa shape index (κ2) is 7.64. The monoisotopic (exact) mass is 333 g/mol. The lowest BCUT2D eigenvalue weighted by molar-refractivity contribution is -0.384. The van der Waals surface area contributed by atoms with Gasteiger partial charge in [-0.2, -0.15) is 0 Å². The van der Waals surface area contributed by atoms with Crippen LogP contribution in [0, 0.1) is 22.0 Å². The normalized spacial score (nSPS) is 15.6. The summed E-state index contributed by atoms with van der Waals surface area (Å²) >= 11 is 0. The van der Waals surface area contributed by atoms with E-state index in [9.17, 15) is 14.9 Å². The molecule has 0 aromatic heterocycles. The van der Waals surface area contributed by atoms with Crippen LogP contribution >= 0.6 is 0 Å². The average molecular weight is 333 g/mol. The molecule has 24 heavy (non-hydrogen) atoms. The van der Waals surface area contributed by atoms with Gasteiger partial charge in [0.05, 0.1) is 16.2 Å². The van der Waals surface area contributed by atoms with Gasteiger partial charge in [-0.1, -0.05) is 20.8 Å². The van der Waals surface area contributed by atoms with Crippen LogP contribution in [0.15, 0.2) is 18.2 Å². The van der Waals surface area contributed by atoms with Gasteiger partial charge in [0.1, 0.15) is 0 Å². The number of anilines is 1. The maximum Gasteiger partial charge on any atom is 0.270 e. The minimum atomic E-state index is -0.443. The summed E-state index contributed by atoms with van der Waals surface area (Å²) in [5.41, 5.74) is 1.21. The van der Waals surface area contributed by atoms with Gasteiger partial charge in [-0.3, -0.25) is 14.9 Å². The van der Waals surface area contributed by atoms with Gasteiger partial charge >= 0.3 is 0 Å². The van der Waals surface area contributed by atoms with Crippen molar-refractivity contribution in [3.8, 4) is 0 Å². The van der Waals surface area contributed by atoms with Crippen LogP contribution in [0.3, 0.4) is 0 Å². The molecule has 0 aliphatic carbocycles. The summed E-state index contributed by atoms with van der Waals surface area (Å²) in [6.45, 7) is 8.71. The second-order valence-corrected chi connectivity index (χ2v) is 7.21. The van der Waals surface area contributed by atoms with Crippen LogP contribution in [0.1, 0.15) is 44.0 Å². The molecule has 0 spiro atoms. The smallest absolute Gasteiger partial charge is 0.270 e. The number of amides is 1. The van der Waals surface area contributed by atoms with Gasteiger partial charge in [0, 0.05) is 38.8 Å². The summed E-state index contributed by atoms with van der Waals surface area (Å²) in [5.74, 6) is 0.875. The summed E-state index contributed by atoms with van der Waals surface area (Å²) in [7, 11) is 1.75. The molecule has 1 aliphatic heterocycles. The van der Waals surface area contributed by atoms with Crippen LogP contribution in [0.2, 0.25) is 0 Å². The van der Waals surface area contributed by atoms with E-state index < -0.39 is 4.92 Å². The molecule has 0 radical (unpaired) electrons. The van der Waals surface area contributed by atoms with Crippen LogP contribution in [-0.4, -0.2) is 42.4 Å². The number of nitrogens with zero attached hydrogens (tertiary/aromatic N) is 3. The number of carbonyl (C=O) groups is 1. The molecule has 6 nitrogen and oxygen atoms in total. The van der Waals surface area contributed by atoms with Crippen molar-refractivity contribution < 1.29 is 9.72 Å². The van der Waals surface area contributed by atoms with E-state index in [-0.39, 0.29) is 11.6 Å². The maximum atomic E-state index is 12.9. The first-order chi connectivity index (χ1) is 11.3. The van der Waals surface area contributed by atoms with Crippen molar-refractivity contribution in [1.29, 1.82) is 0 Å². The predicted molar refractivity (Wildman–Crippen MR) is 95.5 cm³/mol. The molecule has 1 aromatic carbocycles. The quantitative estimate of drug-likeness (QED) is 0.610. The minimum absolute atomic E-state index is 0.0366. The predicted octanol–water partition coefficient (Wildman–Crippen LogP) is 3.56. The Morgan fingerprint density at radius 1 is 1.38 bits per heavy atom. The Morgan fingerprint density at radius 2 is 2.00 bits per heavy atom. The van der Waals surface area contributed by atoms with Crippen molar-refractivity contribution in [2.45, 2.75) is 33.6 Å². The van der Waals surface area contributed by atoms with Crippen LogP contribution in [0.5, 0.6) is 0 Å². The van der Waals surface area contributed by atoms with Gasteiger partial charge in [-0.05, 0) is 30.7 Å². The number of hydrogen-bond acceptors (Lipinski definition) is 4. The van der Waals surface area contributed by atoms with Crippen LogP contribution in [0.25, 0.3) is 0 Å². The van der Waals surface area contributed by atoms with Crippen molar-refractivity contribution >= 4 is 17.3 Å². The molecular weight excluding hydrogens is 306 g/mol. The number of rotatable bonds is 5. The first-order valence-corrected chi connectivity index (χ1v) is 8.58. The van der Waals surface area contributed by atoms with E-state index in [1.54, 1.807) is 18.0 Å². The number of nitro groups is 1. The Bertz CT molecular complexity index is 608. The molecule has 6 heteroatoms. The molecular formula is C18H27N3O3. The Labute approximate surface area is 143 Å². The summed E-state index contributed by atoms with van der Waals surface area (Å²) in [5, 5.41) is 11.1. The van der Waals surface area contributed by atoms with Crippen LogP contribution < -0.4 is 4.90 Å². The van der Waals surface area contributed by atoms with E-state index in [1.807, 2.05) is 13.8 Å². The topological polar surface area (TPSA) is 66.7 Å². The van der Waals surface area contributed by atoms with Crippen molar-refractivity contribution in [3.05, 3.63) is 33.9 Å². The Hall–Kier alpha value is -2.11. The molecule has 0 N–H and O–H groups in total. The maximum absolute atomic E-state index is 12.9. The van der Waals surface area contributed by atoms with Crippen LogP contribution in [0.4, 0.5) is 11.4 Å². The SMILES string of the molecule is CC(C)CN(C)C(=O)c1cc([N+](=O)[O-])ccc1N1CCC(C)CC1. The lowest BCUT2D eigenvalue weighted by atomic mass is 9.97. The zero-order valence-electron chi connectivity index (χ0n) is 15.0. The van der Waals surface area contributed by atoms with Crippen molar-refractivity contribution in [3.63, 3.8) is 0 Å².